The number of piperazine rings is 1. The molecule has 3 aromatic rings. The Hall–Kier alpha value is -3.29. The fraction of sp³-hybridized carbons (Fsp3) is 0.250. The predicted octanol–water partition coefficient (Wildman–Crippen LogP) is 2.55. The molecule has 4 rings (SSSR count). The molecule has 2 aromatic heterocycles. The van der Waals surface area contributed by atoms with E-state index in [0.717, 1.165) is 6.07 Å². The van der Waals surface area contributed by atoms with E-state index in [1.165, 1.54) is 24.4 Å². The molecular formula is C20H18F2N4O2. The van der Waals surface area contributed by atoms with Crippen molar-refractivity contribution >= 4 is 22.6 Å². The van der Waals surface area contributed by atoms with Gasteiger partial charge in [0.1, 0.15) is 17.5 Å². The first-order valence-electron chi connectivity index (χ1n) is 8.92. The number of benzene rings is 1. The van der Waals surface area contributed by atoms with Crippen LogP contribution in [0.2, 0.25) is 0 Å². The molecule has 0 aliphatic carbocycles. The summed E-state index contributed by atoms with van der Waals surface area (Å²) in [6.07, 6.45) is 1.17. The van der Waals surface area contributed by atoms with Crippen molar-refractivity contribution in [2.45, 2.75) is 13.0 Å². The van der Waals surface area contributed by atoms with Gasteiger partial charge in [-0.3, -0.25) is 9.59 Å². The average molecular weight is 384 g/mol. The lowest BCUT2D eigenvalue weighted by atomic mass is 10.1. The van der Waals surface area contributed by atoms with Crippen LogP contribution in [0.1, 0.15) is 17.3 Å². The fourth-order valence-electron chi connectivity index (χ4n) is 3.53. The molecule has 6 nitrogen and oxygen atoms in total. The second-order valence-corrected chi connectivity index (χ2v) is 6.87. The third kappa shape index (κ3) is 3.33. The molecule has 28 heavy (non-hydrogen) atoms. The maximum atomic E-state index is 14.4. The smallest absolute Gasteiger partial charge is 0.254 e. The van der Waals surface area contributed by atoms with Crippen molar-refractivity contribution in [1.29, 1.82) is 0 Å². The van der Waals surface area contributed by atoms with Crippen LogP contribution in [0.15, 0.2) is 47.4 Å². The summed E-state index contributed by atoms with van der Waals surface area (Å²) in [6.45, 7) is 3.42. The van der Waals surface area contributed by atoms with E-state index < -0.39 is 17.2 Å². The number of hydrogen-bond donors (Lipinski definition) is 1. The topological polar surface area (TPSA) is 69.3 Å². The Balaban J connectivity index is 1.56. The van der Waals surface area contributed by atoms with Crippen LogP contribution in [0.3, 0.4) is 0 Å². The van der Waals surface area contributed by atoms with Crippen LogP contribution in [0, 0.1) is 11.6 Å². The molecule has 0 saturated carbocycles. The second-order valence-electron chi connectivity index (χ2n) is 6.87. The van der Waals surface area contributed by atoms with E-state index in [-0.39, 0.29) is 23.0 Å². The summed E-state index contributed by atoms with van der Waals surface area (Å²) < 4.78 is 27.4. The Kier molecular flexibility index (Phi) is 4.54. The van der Waals surface area contributed by atoms with Crippen LogP contribution < -0.4 is 10.5 Å². The van der Waals surface area contributed by atoms with Crippen LogP contribution in [-0.2, 0) is 0 Å². The van der Waals surface area contributed by atoms with Gasteiger partial charge in [0.2, 0.25) is 5.56 Å². The summed E-state index contributed by atoms with van der Waals surface area (Å²) in [5.74, 6) is -0.655. The lowest BCUT2D eigenvalue weighted by Gasteiger charge is -2.40. The Morgan fingerprint density at radius 1 is 1.18 bits per heavy atom. The summed E-state index contributed by atoms with van der Waals surface area (Å²) in [7, 11) is 0. The zero-order valence-corrected chi connectivity index (χ0v) is 15.2. The first-order valence-corrected chi connectivity index (χ1v) is 8.92. The number of halogens is 2. The lowest BCUT2D eigenvalue weighted by molar-refractivity contribution is 0.0673. The van der Waals surface area contributed by atoms with Gasteiger partial charge >= 0.3 is 0 Å². The SMILES string of the molecule is CC1CN(c2ccc(F)cn2)CCN1C(=O)c1cc(F)c2[nH]c(=O)ccc2c1. The third-order valence-corrected chi connectivity index (χ3v) is 4.95. The first kappa shape index (κ1) is 18.1. The number of nitrogens with zero attached hydrogens (tertiary/aromatic N) is 3. The van der Waals surface area contributed by atoms with Crippen molar-refractivity contribution in [3.63, 3.8) is 0 Å². The Labute approximate surface area is 159 Å². The molecule has 1 amide bonds. The number of carbonyl (C=O) groups is 1. The van der Waals surface area contributed by atoms with Gasteiger partial charge in [-0.15, -0.1) is 0 Å². The van der Waals surface area contributed by atoms with E-state index in [1.54, 1.807) is 17.0 Å². The second kappa shape index (κ2) is 7.03. The Morgan fingerprint density at radius 2 is 2.00 bits per heavy atom. The van der Waals surface area contributed by atoms with Crippen LogP contribution in [-0.4, -0.2) is 46.5 Å². The van der Waals surface area contributed by atoms with Crippen LogP contribution >= 0.6 is 0 Å². The predicted molar refractivity (Wildman–Crippen MR) is 101 cm³/mol. The van der Waals surface area contributed by atoms with E-state index >= 15 is 0 Å². The van der Waals surface area contributed by atoms with Crippen molar-refractivity contribution in [3.8, 4) is 0 Å². The molecule has 8 heteroatoms. The van der Waals surface area contributed by atoms with E-state index in [1.807, 2.05) is 11.8 Å². The highest BCUT2D eigenvalue weighted by atomic mass is 19.1. The number of aromatic amines is 1. The Morgan fingerprint density at radius 3 is 2.71 bits per heavy atom. The molecule has 1 atom stereocenters. The maximum Gasteiger partial charge on any atom is 0.254 e. The van der Waals surface area contributed by atoms with E-state index in [2.05, 4.69) is 9.97 Å². The van der Waals surface area contributed by atoms with Gasteiger partial charge in [0.05, 0.1) is 11.7 Å². The number of H-pyrrole nitrogens is 1. The van der Waals surface area contributed by atoms with E-state index in [9.17, 15) is 18.4 Å². The minimum Gasteiger partial charge on any atom is -0.353 e. The summed E-state index contributed by atoms with van der Waals surface area (Å²) >= 11 is 0. The molecule has 1 aliphatic heterocycles. The molecule has 1 fully saturated rings. The van der Waals surface area contributed by atoms with Gasteiger partial charge in [-0.25, -0.2) is 13.8 Å². The maximum absolute atomic E-state index is 14.4. The summed E-state index contributed by atoms with van der Waals surface area (Å²) in [4.78, 5) is 34.6. The number of hydrogen-bond acceptors (Lipinski definition) is 4. The van der Waals surface area contributed by atoms with Crippen molar-refractivity contribution in [2.24, 2.45) is 0 Å². The molecule has 0 spiro atoms. The molecule has 0 bridgehead atoms. The standard InChI is InChI=1S/C20H18F2N4O2/c1-12-11-25(17-4-3-15(21)10-23-17)6-7-26(12)20(28)14-8-13-2-5-18(27)24-19(13)16(22)9-14/h2-5,8-10,12H,6-7,11H2,1H3,(H,24,27). The number of nitrogens with one attached hydrogen (secondary N) is 1. The minimum atomic E-state index is -0.639. The van der Waals surface area contributed by atoms with E-state index in [0.29, 0.717) is 30.8 Å². The quantitative estimate of drug-likeness (QED) is 0.737. The van der Waals surface area contributed by atoms with Gasteiger partial charge in [-0.1, -0.05) is 0 Å². The van der Waals surface area contributed by atoms with Gasteiger partial charge in [-0.05, 0) is 37.3 Å². The van der Waals surface area contributed by atoms with Crippen molar-refractivity contribution < 1.29 is 13.6 Å². The molecule has 144 valence electrons. The first-order chi connectivity index (χ1) is 13.4. The molecule has 1 aromatic carbocycles. The molecular weight excluding hydrogens is 366 g/mol. The molecule has 3 heterocycles. The van der Waals surface area contributed by atoms with Gasteiger partial charge in [0.15, 0.2) is 0 Å². The summed E-state index contributed by atoms with van der Waals surface area (Å²) in [6, 6.07) is 8.36. The molecule has 1 N–H and O–H groups in total. The monoisotopic (exact) mass is 384 g/mol. The van der Waals surface area contributed by atoms with Crippen molar-refractivity contribution in [2.75, 3.05) is 24.5 Å². The van der Waals surface area contributed by atoms with Crippen LogP contribution in [0.4, 0.5) is 14.6 Å². The van der Waals surface area contributed by atoms with E-state index in [4.69, 9.17) is 0 Å². The number of pyridine rings is 2. The number of carbonyl (C=O) groups excluding carboxylic acids is 1. The minimum absolute atomic E-state index is 0.0873. The van der Waals surface area contributed by atoms with Gasteiger partial charge < -0.3 is 14.8 Å². The highest BCUT2D eigenvalue weighted by molar-refractivity contribution is 5.98. The van der Waals surface area contributed by atoms with Crippen LogP contribution in [0.25, 0.3) is 10.9 Å². The largest absolute Gasteiger partial charge is 0.353 e. The van der Waals surface area contributed by atoms with Crippen molar-refractivity contribution in [3.05, 3.63) is 70.1 Å². The number of rotatable bonds is 2. The van der Waals surface area contributed by atoms with Gasteiger partial charge in [0.25, 0.3) is 5.91 Å². The number of aromatic nitrogens is 2. The van der Waals surface area contributed by atoms with Crippen molar-refractivity contribution in [1.82, 2.24) is 14.9 Å². The third-order valence-electron chi connectivity index (χ3n) is 4.95. The highest BCUT2D eigenvalue weighted by Gasteiger charge is 2.29. The zero-order valence-electron chi connectivity index (χ0n) is 15.2. The highest BCUT2D eigenvalue weighted by Crippen LogP contribution is 2.22. The lowest BCUT2D eigenvalue weighted by Crippen LogP contribution is -2.54. The normalized spacial score (nSPS) is 17.2. The summed E-state index contributed by atoms with van der Waals surface area (Å²) in [5, 5.41) is 0.463. The molecule has 1 unspecified atom stereocenters. The van der Waals surface area contributed by atoms with Crippen LogP contribution in [0.5, 0.6) is 0 Å². The average Bonchev–Trinajstić information content (AvgIpc) is 2.68. The van der Waals surface area contributed by atoms with Gasteiger partial charge in [0, 0.05) is 42.7 Å². The number of anilines is 1. The van der Waals surface area contributed by atoms with Gasteiger partial charge in [-0.2, -0.15) is 0 Å². The number of fused-ring (bicyclic) bond motifs is 1. The summed E-state index contributed by atoms with van der Waals surface area (Å²) in [5.41, 5.74) is -0.0776. The fourth-order valence-corrected chi connectivity index (χ4v) is 3.53. The number of amides is 1. The Bertz CT molecular complexity index is 1100. The molecule has 1 aliphatic rings. The molecule has 1 saturated heterocycles. The molecule has 0 radical (unpaired) electrons. The zero-order chi connectivity index (χ0) is 19.8.